The number of hydrogen-bond acceptors (Lipinski definition) is 4. The van der Waals surface area contributed by atoms with Crippen LogP contribution < -0.4 is 10.6 Å². The zero-order valence-corrected chi connectivity index (χ0v) is 15.1. The first-order valence-corrected chi connectivity index (χ1v) is 8.38. The lowest BCUT2D eigenvalue weighted by Gasteiger charge is -2.13. The van der Waals surface area contributed by atoms with Crippen LogP contribution in [0.2, 0.25) is 0 Å². The van der Waals surface area contributed by atoms with Crippen LogP contribution in [0.15, 0.2) is 54.9 Å². The highest BCUT2D eigenvalue weighted by atomic mass is 19.4. The Balaban J connectivity index is 1.77. The van der Waals surface area contributed by atoms with Gasteiger partial charge in [-0.3, -0.25) is 4.79 Å². The number of para-hydroxylation sites is 2. The van der Waals surface area contributed by atoms with Gasteiger partial charge in [0.05, 0.1) is 23.6 Å². The fourth-order valence-corrected chi connectivity index (χ4v) is 2.68. The predicted molar refractivity (Wildman–Crippen MR) is 101 cm³/mol. The zero-order valence-electron chi connectivity index (χ0n) is 15.1. The van der Waals surface area contributed by atoms with Crippen molar-refractivity contribution >= 4 is 23.1 Å². The Kier molecular flexibility index (Phi) is 5.30. The summed E-state index contributed by atoms with van der Waals surface area (Å²) < 4.78 is 39.1. The molecule has 1 aromatic heterocycles. The minimum Gasteiger partial charge on any atom is -0.339 e. The molecular weight excluding hydrogens is 369 g/mol. The summed E-state index contributed by atoms with van der Waals surface area (Å²) in [5.41, 5.74) is 1.57. The van der Waals surface area contributed by atoms with Crippen LogP contribution in [0.25, 0.3) is 0 Å². The predicted octanol–water partition coefficient (Wildman–Crippen LogP) is 5.11. The van der Waals surface area contributed by atoms with Crippen molar-refractivity contribution in [2.24, 2.45) is 0 Å². The fourth-order valence-electron chi connectivity index (χ4n) is 2.68. The molecule has 8 heteroatoms. The standard InChI is InChI=1S/C20H17F3N4O/c1-12-6-5-7-13(2)18(12)27-17-11-24-16(10-25-17)19(28)26-15-9-4-3-8-14(15)20(21,22)23/h3-11H,1-2H3,(H,25,27)(H,26,28). The summed E-state index contributed by atoms with van der Waals surface area (Å²) in [7, 11) is 0. The van der Waals surface area contributed by atoms with Gasteiger partial charge in [-0.1, -0.05) is 30.3 Å². The Labute approximate surface area is 159 Å². The normalized spacial score (nSPS) is 11.2. The summed E-state index contributed by atoms with van der Waals surface area (Å²) in [5.74, 6) is -0.354. The number of benzene rings is 2. The van der Waals surface area contributed by atoms with Crippen molar-refractivity contribution < 1.29 is 18.0 Å². The van der Waals surface area contributed by atoms with E-state index in [1.165, 1.54) is 30.6 Å². The lowest BCUT2D eigenvalue weighted by Crippen LogP contribution is -2.18. The van der Waals surface area contributed by atoms with E-state index in [0.29, 0.717) is 5.82 Å². The van der Waals surface area contributed by atoms with Crippen LogP contribution >= 0.6 is 0 Å². The van der Waals surface area contributed by atoms with Crippen LogP contribution in [0.1, 0.15) is 27.2 Å². The molecule has 0 fully saturated rings. The van der Waals surface area contributed by atoms with Crippen LogP contribution in [0.4, 0.5) is 30.4 Å². The first kappa shape index (κ1) is 19.3. The maximum atomic E-state index is 13.0. The van der Waals surface area contributed by atoms with Crippen LogP contribution in [-0.4, -0.2) is 15.9 Å². The van der Waals surface area contributed by atoms with Gasteiger partial charge in [0.15, 0.2) is 0 Å². The molecule has 1 amide bonds. The molecule has 0 aliphatic carbocycles. The third-order valence-electron chi connectivity index (χ3n) is 4.10. The van der Waals surface area contributed by atoms with Crippen molar-refractivity contribution in [2.45, 2.75) is 20.0 Å². The number of carbonyl (C=O) groups is 1. The smallest absolute Gasteiger partial charge is 0.339 e. The number of nitrogens with zero attached hydrogens (tertiary/aromatic N) is 2. The van der Waals surface area contributed by atoms with Gasteiger partial charge in [0.2, 0.25) is 0 Å². The van der Waals surface area contributed by atoms with E-state index < -0.39 is 17.6 Å². The molecule has 0 radical (unpaired) electrons. The highest BCUT2D eigenvalue weighted by Crippen LogP contribution is 2.34. The quantitative estimate of drug-likeness (QED) is 0.654. The number of anilines is 3. The number of aromatic nitrogens is 2. The Morgan fingerprint density at radius 1 is 0.929 bits per heavy atom. The van der Waals surface area contributed by atoms with Crippen molar-refractivity contribution in [3.8, 4) is 0 Å². The average Bonchev–Trinajstić information content (AvgIpc) is 2.65. The van der Waals surface area contributed by atoms with Gasteiger partial charge in [-0.25, -0.2) is 9.97 Å². The SMILES string of the molecule is Cc1cccc(C)c1Nc1cnc(C(=O)Nc2ccccc2C(F)(F)F)cn1. The van der Waals surface area contributed by atoms with Crippen LogP contribution in [0, 0.1) is 13.8 Å². The topological polar surface area (TPSA) is 66.9 Å². The molecular formula is C20H17F3N4O. The summed E-state index contributed by atoms with van der Waals surface area (Å²) in [6, 6.07) is 10.6. The molecule has 0 atom stereocenters. The molecule has 0 unspecified atom stereocenters. The second-order valence-corrected chi connectivity index (χ2v) is 6.18. The van der Waals surface area contributed by atoms with E-state index in [2.05, 4.69) is 20.6 Å². The number of hydrogen-bond donors (Lipinski definition) is 2. The summed E-state index contributed by atoms with van der Waals surface area (Å²) in [6.07, 6.45) is -2.01. The molecule has 0 saturated heterocycles. The van der Waals surface area contributed by atoms with Gasteiger partial charge in [0.25, 0.3) is 5.91 Å². The number of nitrogens with one attached hydrogen (secondary N) is 2. The van der Waals surface area contributed by atoms with Crippen molar-refractivity contribution in [1.82, 2.24) is 9.97 Å². The molecule has 0 aliphatic rings. The minimum atomic E-state index is -4.57. The largest absolute Gasteiger partial charge is 0.418 e. The average molecular weight is 386 g/mol. The van der Waals surface area contributed by atoms with E-state index in [-0.39, 0.29) is 11.4 Å². The lowest BCUT2D eigenvalue weighted by atomic mass is 10.1. The van der Waals surface area contributed by atoms with Gasteiger partial charge in [0.1, 0.15) is 11.5 Å². The Morgan fingerprint density at radius 3 is 2.21 bits per heavy atom. The number of rotatable bonds is 4. The first-order chi connectivity index (χ1) is 13.3. The molecule has 144 valence electrons. The second kappa shape index (κ2) is 7.67. The highest BCUT2D eigenvalue weighted by molar-refractivity contribution is 6.03. The number of alkyl halides is 3. The highest BCUT2D eigenvalue weighted by Gasteiger charge is 2.33. The van der Waals surface area contributed by atoms with Crippen LogP contribution in [0.3, 0.4) is 0 Å². The molecule has 1 heterocycles. The second-order valence-electron chi connectivity index (χ2n) is 6.18. The van der Waals surface area contributed by atoms with Crippen molar-refractivity contribution in [1.29, 1.82) is 0 Å². The number of carbonyl (C=O) groups excluding carboxylic acids is 1. The van der Waals surface area contributed by atoms with Crippen molar-refractivity contribution in [3.05, 3.63) is 77.2 Å². The van der Waals surface area contributed by atoms with Gasteiger partial charge in [-0.05, 0) is 37.1 Å². The Hall–Kier alpha value is -3.42. The first-order valence-electron chi connectivity index (χ1n) is 8.38. The van der Waals surface area contributed by atoms with Gasteiger partial charge in [-0.15, -0.1) is 0 Å². The van der Waals surface area contributed by atoms with E-state index in [4.69, 9.17) is 0 Å². The van der Waals surface area contributed by atoms with Gasteiger partial charge in [-0.2, -0.15) is 13.2 Å². The maximum Gasteiger partial charge on any atom is 0.418 e. The molecule has 0 aliphatic heterocycles. The van der Waals surface area contributed by atoms with E-state index in [1.807, 2.05) is 32.0 Å². The van der Waals surface area contributed by atoms with Crippen molar-refractivity contribution in [3.63, 3.8) is 0 Å². The Bertz CT molecular complexity index is 981. The van der Waals surface area contributed by atoms with E-state index in [9.17, 15) is 18.0 Å². The van der Waals surface area contributed by atoms with E-state index >= 15 is 0 Å². The summed E-state index contributed by atoms with van der Waals surface area (Å²) >= 11 is 0. The van der Waals surface area contributed by atoms with Gasteiger partial charge >= 0.3 is 6.18 Å². The summed E-state index contributed by atoms with van der Waals surface area (Å²) in [5, 5.41) is 5.37. The molecule has 0 spiro atoms. The number of halogens is 3. The maximum absolute atomic E-state index is 13.0. The van der Waals surface area contributed by atoms with E-state index in [1.54, 1.807) is 0 Å². The summed E-state index contributed by atoms with van der Waals surface area (Å²) in [6.45, 7) is 3.89. The fraction of sp³-hybridized carbons (Fsp3) is 0.150. The van der Waals surface area contributed by atoms with Gasteiger partial charge < -0.3 is 10.6 Å². The third kappa shape index (κ3) is 4.28. The molecule has 5 nitrogen and oxygen atoms in total. The number of aryl methyl sites for hydroxylation is 2. The summed E-state index contributed by atoms with van der Waals surface area (Å²) in [4.78, 5) is 20.4. The molecule has 0 saturated carbocycles. The monoisotopic (exact) mass is 386 g/mol. The van der Waals surface area contributed by atoms with Crippen molar-refractivity contribution in [2.75, 3.05) is 10.6 Å². The molecule has 0 bridgehead atoms. The van der Waals surface area contributed by atoms with Crippen LogP contribution in [-0.2, 0) is 6.18 Å². The van der Waals surface area contributed by atoms with E-state index in [0.717, 1.165) is 22.9 Å². The Morgan fingerprint density at radius 2 is 1.61 bits per heavy atom. The number of amides is 1. The minimum absolute atomic E-state index is 0.0935. The molecule has 3 rings (SSSR count). The zero-order chi connectivity index (χ0) is 20.3. The lowest BCUT2D eigenvalue weighted by molar-refractivity contribution is -0.136. The van der Waals surface area contributed by atoms with Crippen LogP contribution in [0.5, 0.6) is 0 Å². The molecule has 2 aromatic carbocycles. The molecule has 2 N–H and O–H groups in total. The molecule has 3 aromatic rings. The molecule has 28 heavy (non-hydrogen) atoms. The third-order valence-corrected chi connectivity index (χ3v) is 4.10. The van der Waals surface area contributed by atoms with Gasteiger partial charge in [0, 0.05) is 5.69 Å².